The number of sulfone groups is 1. The Hall–Kier alpha value is -3.05. The first-order chi connectivity index (χ1) is 11.0. The van der Waals surface area contributed by atoms with Gasteiger partial charge < -0.3 is 4.52 Å². The van der Waals surface area contributed by atoms with Crippen molar-refractivity contribution in [2.45, 2.75) is 4.90 Å². The molecule has 0 aliphatic carbocycles. The van der Waals surface area contributed by atoms with Gasteiger partial charge in [-0.3, -0.25) is 0 Å². The predicted molar refractivity (Wildman–Crippen MR) is 80.8 cm³/mol. The Bertz CT molecular complexity index is 984. The fraction of sp³-hybridized carbons (Fsp3) is 0.0667. The van der Waals surface area contributed by atoms with Gasteiger partial charge in [0.2, 0.25) is 5.82 Å². The second-order valence-corrected chi connectivity index (χ2v) is 6.78. The Morgan fingerprint density at radius 3 is 2.43 bits per heavy atom. The smallest absolute Gasteiger partial charge is 0.276 e. The molecule has 23 heavy (non-hydrogen) atoms. The number of nitriles is 1. The van der Waals surface area contributed by atoms with Gasteiger partial charge in [0, 0.05) is 18.0 Å². The molecule has 0 atom stereocenters. The SMILES string of the molecule is CS(=O)(=O)c1ccc(-c2noc(-c3ccc(C#N)cn3)n2)cc1. The van der Waals surface area contributed by atoms with Gasteiger partial charge >= 0.3 is 0 Å². The normalized spacial score (nSPS) is 11.1. The van der Waals surface area contributed by atoms with E-state index in [9.17, 15) is 8.42 Å². The summed E-state index contributed by atoms with van der Waals surface area (Å²) in [7, 11) is -3.25. The maximum absolute atomic E-state index is 11.4. The summed E-state index contributed by atoms with van der Waals surface area (Å²) in [6.07, 6.45) is 2.56. The highest BCUT2D eigenvalue weighted by molar-refractivity contribution is 7.90. The fourth-order valence-corrected chi connectivity index (χ4v) is 2.51. The van der Waals surface area contributed by atoms with Gasteiger partial charge in [-0.2, -0.15) is 10.2 Å². The topological polar surface area (TPSA) is 110 Å². The molecule has 0 amide bonds. The van der Waals surface area contributed by atoms with Gasteiger partial charge in [-0.1, -0.05) is 5.16 Å². The number of aromatic nitrogens is 3. The van der Waals surface area contributed by atoms with E-state index < -0.39 is 9.84 Å². The van der Waals surface area contributed by atoms with Gasteiger partial charge in [0.25, 0.3) is 5.89 Å². The Morgan fingerprint density at radius 1 is 1.13 bits per heavy atom. The van der Waals surface area contributed by atoms with E-state index in [0.29, 0.717) is 22.6 Å². The molecule has 0 unspecified atom stereocenters. The predicted octanol–water partition coefficient (Wildman–Crippen LogP) is 2.07. The van der Waals surface area contributed by atoms with Crippen LogP contribution in [0.4, 0.5) is 0 Å². The van der Waals surface area contributed by atoms with E-state index in [4.69, 9.17) is 9.78 Å². The van der Waals surface area contributed by atoms with Gasteiger partial charge in [0.15, 0.2) is 9.84 Å². The van der Waals surface area contributed by atoms with Crippen LogP contribution in [-0.4, -0.2) is 29.8 Å². The number of hydrogen-bond donors (Lipinski definition) is 0. The molecule has 0 saturated heterocycles. The lowest BCUT2D eigenvalue weighted by Crippen LogP contribution is -1.96. The summed E-state index contributed by atoms with van der Waals surface area (Å²) in [4.78, 5) is 8.52. The molecule has 7 nitrogen and oxygen atoms in total. The van der Waals surface area contributed by atoms with Crippen molar-refractivity contribution in [2.75, 3.05) is 6.26 Å². The highest BCUT2D eigenvalue weighted by atomic mass is 32.2. The van der Waals surface area contributed by atoms with E-state index in [0.717, 1.165) is 6.26 Å². The summed E-state index contributed by atoms with van der Waals surface area (Å²) in [5.41, 5.74) is 1.52. The molecule has 0 aliphatic heterocycles. The number of benzene rings is 1. The molecule has 3 rings (SSSR count). The summed E-state index contributed by atoms with van der Waals surface area (Å²) in [6.45, 7) is 0. The third-order valence-corrected chi connectivity index (χ3v) is 4.21. The minimum absolute atomic E-state index is 0.219. The van der Waals surface area contributed by atoms with Crippen molar-refractivity contribution in [1.82, 2.24) is 15.1 Å². The zero-order valence-corrected chi connectivity index (χ0v) is 12.8. The van der Waals surface area contributed by atoms with Crippen LogP contribution >= 0.6 is 0 Å². The summed E-state index contributed by atoms with van der Waals surface area (Å²) >= 11 is 0. The van der Waals surface area contributed by atoms with Crippen molar-refractivity contribution in [3.05, 3.63) is 48.2 Å². The highest BCUT2D eigenvalue weighted by Gasteiger charge is 2.13. The molecule has 0 spiro atoms. The minimum Gasteiger partial charge on any atom is -0.332 e. The lowest BCUT2D eigenvalue weighted by Gasteiger charge is -1.98. The first-order valence-corrected chi connectivity index (χ1v) is 8.37. The molecule has 0 N–H and O–H groups in total. The van der Waals surface area contributed by atoms with E-state index in [1.54, 1.807) is 24.3 Å². The van der Waals surface area contributed by atoms with Crippen molar-refractivity contribution < 1.29 is 12.9 Å². The fourth-order valence-electron chi connectivity index (χ4n) is 1.88. The molecule has 114 valence electrons. The Balaban J connectivity index is 1.91. The zero-order valence-electron chi connectivity index (χ0n) is 12.0. The van der Waals surface area contributed by atoms with Crippen molar-refractivity contribution in [3.8, 4) is 29.0 Å². The molecule has 0 radical (unpaired) electrons. The van der Waals surface area contributed by atoms with E-state index in [1.165, 1.54) is 18.3 Å². The summed E-state index contributed by atoms with van der Waals surface area (Å²) < 4.78 is 28.0. The van der Waals surface area contributed by atoms with Crippen LogP contribution in [0.1, 0.15) is 5.56 Å². The summed E-state index contributed by atoms with van der Waals surface area (Å²) in [6, 6.07) is 11.4. The second kappa shape index (κ2) is 5.62. The van der Waals surface area contributed by atoms with Crippen molar-refractivity contribution in [3.63, 3.8) is 0 Å². The first kappa shape index (κ1) is 14.9. The molecular formula is C15H10N4O3S. The van der Waals surface area contributed by atoms with Gasteiger partial charge in [-0.05, 0) is 36.4 Å². The van der Waals surface area contributed by atoms with E-state index in [1.807, 2.05) is 6.07 Å². The van der Waals surface area contributed by atoms with Gasteiger partial charge in [-0.25, -0.2) is 13.4 Å². The Kier molecular flexibility index (Phi) is 3.64. The van der Waals surface area contributed by atoms with Crippen LogP contribution in [0, 0.1) is 11.3 Å². The summed E-state index contributed by atoms with van der Waals surface area (Å²) in [5.74, 6) is 0.544. The number of rotatable bonds is 3. The van der Waals surface area contributed by atoms with Crippen LogP contribution in [0.25, 0.3) is 23.0 Å². The maximum atomic E-state index is 11.4. The standard InChI is InChI=1S/C15H10N4O3S/c1-23(20,21)12-5-3-11(4-6-12)14-18-15(22-19-14)13-7-2-10(8-16)9-17-13/h2-7,9H,1H3. The lowest BCUT2D eigenvalue weighted by molar-refractivity contribution is 0.431. The van der Waals surface area contributed by atoms with Crippen molar-refractivity contribution >= 4 is 9.84 Å². The molecule has 0 saturated carbocycles. The second-order valence-electron chi connectivity index (χ2n) is 4.76. The van der Waals surface area contributed by atoms with Crippen molar-refractivity contribution in [2.24, 2.45) is 0 Å². The lowest BCUT2D eigenvalue weighted by atomic mass is 10.2. The molecule has 2 aromatic heterocycles. The Labute approximate surface area is 132 Å². The molecule has 1 aromatic carbocycles. The maximum Gasteiger partial charge on any atom is 0.276 e. The van der Waals surface area contributed by atoms with Gasteiger partial charge in [0.05, 0.1) is 10.5 Å². The molecular weight excluding hydrogens is 316 g/mol. The van der Waals surface area contributed by atoms with Crippen LogP contribution in [0.3, 0.4) is 0 Å². The van der Waals surface area contributed by atoms with Crippen LogP contribution in [0.15, 0.2) is 52.0 Å². The highest BCUT2D eigenvalue weighted by Crippen LogP contribution is 2.22. The zero-order chi connectivity index (χ0) is 16.4. The molecule has 0 bridgehead atoms. The van der Waals surface area contributed by atoms with Gasteiger partial charge in [0.1, 0.15) is 11.8 Å². The number of nitrogens with zero attached hydrogens (tertiary/aromatic N) is 4. The molecule has 0 aliphatic rings. The molecule has 8 heteroatoms. The average molecular weight is 326 g/mol. The molecule has 2 heterocycles. The van der Waals surface area contributed by atoms with E-state index >= 15 is 0 Å². The van der Waals surface area contributed by atoms with Crippen LogP contribution < -0.4 is 0 Å². The minimum atomic E-state index is -3.25. The Morgan fingerprint density at radius 2 is 1.87 bits per heavy atom. The van der Waals surface area contributed by atoms with Crippen LogP contribution in [0.5, 0.6) is 0 Å². The first-order valence-electron chi connectivity index (χ1n) is 6.48. The van der Waals surface area contributed by atoms with Gasteiger partial charge in [-0.15, -0.1) is 0 Å². The third kappa shape index (κ3) is 3.09. The van der Waals surface area contributed by atoms with Crippen LogP contribution in [0.2, 0.25) is 0 Å². The molecule has 3 aromatic rings. The number of pyridine rings is 1. The van der Waals surface area contributed by atoms with Crippen LogP contribution in [-0.2, 0) is 9.84 Å². The largest absolute Gasteiger partial charge is 0.332 e. The van der Waals surface area contributed by atoms with Crippen molar-refractivity contribution in [1.29, 1.82) is 5.26 Å². The molecule has 0 fully saturated rings. The van der Waals surface area contributed by atoms with E-state index in [2.05, 4.69) is 15.1 Å². The van der Waals surface area contributed by atoms with E-state index in [-0.39, 0.29) is 10.8 Å². The third-order valence-electron chi connectivity index (χ3n) is 3.08. The monoisotopic (exact) mass is 326 g/mol. The number of hydrogen-bond acceptors (Lipinski definition) is 7. The quantitative estimate of drug-likeness (QED) is 0.724. The summed E-state index contributed by atoms with van der Waals surface area (Å²) in [5, 5.41) is 12.6. The average Bonchev–Trinajstić information content (AvgIpc) is 3.04.